The number of ether oxygens (including phenoxy) is 2. The van der Waals surface area contributed by atoms with Crippen molar-refractivity contribution in [3.05, 3.63) is 69.7 Å². The lowest BCUT2D eigenvalue weighted by molar-refractivity contribution is 0.0254. The summed E-state index contributed by atoms with van der Waals surface area (Å²) in [5.41, 5.74) is 5.12. The van der Waals surface area contributed by atoms with Crippen LogP contribution in [0.25, 0.3) is 11.4 Å². The molecule has 1 saturated heterocycles. The highest BCUT2D eigenvalue weighted by Gasteiger charge is 2.29. The molecule has 2 aromatic carbocycles. The largest absolute Gasteiger partial charge is 0.382 e. The Morgan fingerprint density at radius 2 is 1.47 bits per heavy atom. The van der Waals surface area contributed by atoms with E-state index in [0.717, 1.165) is 46.3 Å². The van der Waals surface area contributed by atoms with E-state index in [1.54, 1.807) is 7.11 Å². The van der Waals surface area contributed by atoms with Crippen molar-refractivity contribution in [2.45, 2.75) is 19.3 Å². The third-order valence-corrected chi connectivity index (χ3v) is 6.20. The molecule has 2 aliphatic heterocycles. The Labute approximate surface area is 200 Å². The van der Waals surface area contributed by atoms with Gasteiger partial charge in [0.05, 0.1) is 43.5 Å². The molecule has 0 aliphatic carbocycles. The summed E-state index contributed by atoms with van der Waals surface area (Å²) in [4.78, 5) is 5.09. The fraction of sp³-hybridized carbons (Fsp3) is 0.400. The Morgan fingerprint density at radius 1 is 0.844 bits per heavy atom. The van der Waals surface area contributed by atoms with Gasteiger partial charge in [0.25, 0.3) is 0 Å². The van der Waals surface area contributed by atoms with Crippen molar-refractivity contribution in [3.63, 3.8) is 0 Å². The molecule has 2 aromatic rings. The Balaban J connectivity index is 1.79. The van der Waals surface area contributed by atoms with Crippen LogP contribution in [0.4, 0.5) is 0 Å². The van der Waals surface area contributed by atoms with Gasteiger partial charge in [-0.15, -0.1) is 0 Å². The van der Waals surface area contributed by atoms with Crippen LogP contribution in [0, 0.1) is 0 Å². The zero-order valence-electron chi connectivity index (χ0n) is 18.4. The summed E-state index contributed by atoms with van der Waals surface area (Å²) in [6.07, 6.45) is 3.66. The van der Waals surface area contributed by atoms with E-state index in [4.69, 9.17) is 37.7 Å². The van der Waals surface area contributed by atoms with Gasteiger partial charge in [-0.1, -0.05) is 53.9 Å². The number of halogens is 2. The summed E-state index contributed by atoms with van der Waals surface area (Å²) >= 11 is 12.4. The first-order valence-corrected chi connectivity index (χ1v) is 11.8. The lowest BCUT2D eigenvalue weighted by Gasteiger charge is -2.43. The topological polar surface area (TPSA) is 37.3 Å². The fourth-order valence-corrected chi connectivity index (χ4v) is 4.35. The van der Waals surface area contributed by atoms with E-state index < -0.39 is 0 Å². The molecule has 170 valence electrons. The molecular weight excluding hydrogens is 445 g/mol. The van der Waals surface area contributed by atoms with Crippen molar-refractivity contribution in [2.75, 3.05) is 46.6 Å². The zero-order chi connectivity index (χ0) is 22.3. The predicted molar refractivity (Wildman–Crippen MR) is 132 cm³/mol. The standard InChI is InChI=1S/C25H29Cl2N3O2/c1-31-15-16-32-18-23-17-30(29-13-3-2-4-14-29)25(20-7-11-22(27)12-8-20)24(28-23)19-5-9-21(26)10-6-19/h5-12H,2-4,13-18H2,1H3. The van der Waals surface area contributed by atoms with Crippen LogP contribution in [0.3, 0.4) is 0 Å². The molecule has 0 N–H and O–H groups in total. The van der Waals surface area contributed by atoms with Crippen LogP contribution >= 0.6 is 23.2 Å². The summed E-state index contributed by atoms with van der Waals surface area (Å²) in [7, 11) is 1.68. The number of rotatable bonds is 8. The normalized spacial score (nSPS) is 17.6. The van der Waals surface area contributed by atoms with Crippen LogP contribution < -0.4 is 0 Å². The Bertz CT molecular complexity index is 952. The maximum Gasteiger partial charge on any atom is 0.0956 e. The Kier molecular flexibility index (Phi) is 8.22. The van der Waals surface area contributed by atoms with E-state index in [2.05, 4.69) is 22.2 Å². The molecule has 0 atom stereocenters. The third-order valence-electron chi connectivity index (χ3n) is 5.69. The SMILES string of the molecule is COCCOCC1=NC(c2ccc(Cl)cc2)=C(c2ccc(Cl)cc2)N(N2CCCCC2)C1. The van der Waals surface area contributed by atoms with E-state index in [9.17, 15) is 0 Å². The summed E-state index contributed by atoms with van der Waals surface area (Å²) in [5, 5.41) is 6.26. The van der Waals surface area contributed by atoms with Crippen molar-refractivity contribution in [2.24, 2.45) is 4.99 Å². The van der Waals surface area contributed by atoms with Crippen LogP contribution in [0.1, 0.15) is 30.4 Å². The minimum absolute atomic E-state index is 0.471. The van der Waals surface area contributed by atoms with Gasteiger partial charge in [0.1, 0.15) is 0 Å². The minimum Gasteiger partial charge on any atom is -0.382 e. The van der Waals surface area contributed by atoms with Gasteiger partial charge in [-0.2, -0.15) is 0 Å². The highest BCUT2D eigenvalue weighted by Crippen LogP contribution is 2.36. The number of hydrogen-bond acceptors (Lipinski definition) is 5. The molecule has 0 radical (unpaired) electrons. The molecule has 2 heterocycles. The van der Waals surface area contributed by atoms with Crippen LogP contribution in [-0.2, 0) is 9.47 Å². The smallest absolute Gasteiger partial charge is 0.0956 e. The van der Waals surface area contributed by atoms with Crippen molar-refractivity contribution >= 4 is 40.3 Å². The fourth-order valence-electron chi connectivity index (χ4n) is 4.09. The maximum absolute atomic E-state index is 6.20. The van der Waals surface area contributed by atoms with E-state index in [1.165, 1.54) is 19.3 Å². The predicted octanol–water partition coefficient (Wildman–Crippen LogP) is 5.64. The molecule has 4 rings (SSSR count). The van der Waals surface area contributed by atoms with Gasteiger partial charge in [0, 0.05) is 41.4 Å². The second-order valence-electron chi connectivity index (χ2n) is 8.01. The summed E-state index contributed by atoms with van der Waals surface area (Å²) in [5.74, 6) is 0. The van der Waals surface area contributed by atoms with Gasteiger partial charge in [0.2, 0.25) is 0 Å². The lowest BCUT2D eigenvalue weighted by atomic mass is 10.0. The monoisotopic (exact) mass is 473 g/mol. The highest BCUT2D eigenvalue weighted by atomic mass is 35.5. The van der Waals surface area contributed by atoms with Crippen molar-refractivity contribution in [1.82, 2.24) is 10.0 Å². The molecule has 0 bridgehead atoms. The van der Waals surface area contributed by atoms with Crippen LogP contribution in [0.2, 0.25) is 10.0 Å². The molecule has 1 fully saturated rings. The van der Waals surface area contributed by atoms with Gasteiger partial charge in [-0.05, 0) is 37.1 Å². The van der Waals surface area contributed by atoms with E-state index in [0.29, 0.717) is 31.4 Å². The number of hydrazine groups is 1. The zero-order valence-corrected chi connectivity index (χ0v) is 19.9. The second kappa shape index (κ2) is 11.3. The number of benzene rings is 2. The van der Waals surface area contributed by atoms with E-state index >= 15 is 0 Å². The third kappa shape index (κ3) is 5.72. The summed E-state index contributed by atoms with van der Waals surface area (Å²) < 4.78 is 11.0. The molecule has 0 amide bonds. The van der Waals surface area contributed by atoms with Gasteiger partial charge in [0.15, 0.2) is 0 Å². The number of methoxy groups -OCH3 is 1. The highest BCUT2D eigenvalue weighted by molar-refractivity contribution is 6.31. The lowest BCUT2D eigenvalue weighted by Crippen LogP contribution is -2.48. The average molecular weight is 474 g/mol. The van der Waals surface area contributed by atoms with Crippen LogP contribution in [0.5, 0.6) is 0 Å². The van der Waals surface area contributed by atoms with Crippen LogP contribution in [-0.4, -0.2) is 62.3 Å². The molecule has 7 heteroatoms. The Hall–Kier alpha value is -1.89. The first-order chi connectivity index (χ1) is 15.7. The summed E-state index contributed by atoms with van der Waals surface area (Å²) in [6.45, 7) is 4.34. The Morgan fingerprint density at radius 3 is 2.09 bits per heavy atom. The van der Waals surface area contributed by atoms with Gasteiger partial charge in [-0.25, -0.2) is 5.01 Å². The maximum atomic E-state index is 6.20. The van der Waals surface area contributed by atoms with Crippen LogP contribution in [0.15, 0.2) is 53.5 Å². The molecule has 2 aliphatic rings. The molecule has 0 saturated carbocycles. The molecule has 0 spiro atoms. The van der Waals surface area contributed by atoms with Crippen molar-refractivity contribution in [1.29, 1.82) is 0 Å². The molecule has 0 unspecified atom stereocenters. The van der Waals surface area contributed by atoms with Gasteiger partial charge >= 0.3 is 0 Å². The first-order valence-electron chi connectivity index (χ1n) is 11.1. The number of aliphatic imine (C=N–C) groups is 1. The second-order valence-corrected chi connectivity index (χ2v) is 8.88. The minimum atomic E-state index is 0.471. The van der Waals surface area contributed by atoms with Gasteiger partial charge < -0.3 is 9.47 Å². The summed E-state index contributed by atoms with van der Waals surface area (Å²) in [6, 6.07) is 15.9. The molecule has 0 aromatic heterocycles. The van der Waals surface area contributed by atoms with Crippen molar-refractivity contribution < 1.29 is 9.47 Å². The molecule has 32 heavy (non-hydrogen) atoms. The average Bonchev–Trinajstić information content (AvgIpc) is 2.83. The van der Waals surface area contributed by atoms with E-state index in [-0.39, 0.29) is 0 Å². The molecule has 5 nitrogen and oxygen atoms in total. The number of piperidine rings is 1. The number of hydrogen-bond donors (Lipinski definition) is 0. The quantitative estimate of drug-likeness (QED) is 0.464. The van der Waals surface area contributed by atoms with E-state index in [1.807, 2.05) is 36.4 Å². The first kappa shape index (κ1) is 23.3. The number of nitrogens with zero attached hydrogens (tertiary/aromatic N) is 3. The van der Waals surface area contributed by atoms with Crippen molar-refractivity contribution in [3.8, 4) is 0 Å². The van der Waals surface area contributed by atoms with Gasteiger partial charge in [-0.3, -0.25) is 10.0 Å². The molecular formula is C25H29Cl2N3O2.